The molecule has 0 bridgehead atoms. The van der Waals surface area contributed by atoms with Gasteiger partial charge in [-0.2, -0.15) is 5.26 Å². The lowest BCUT2D eigenvalue weighted by molar-refractivity contribution is 0.158. The van der Waals surface area contributed by atoms with E-state index in [1.54, 1.807) is 6.33 Å². The SMILES string of the molecule is CCc1cc(N2CCN(C(C)(C)C#N)CC2)ncn1. The Hall–Kier alpha value is -1.67. The van der Waals surface area contributed by atoms with Gasteiger partial charge in [-0.25, -0.2) is 9.97 Å². The van der Waals surface area contributed by atoms with Gasteiger partial charge >= 0.3 is 0 Å². The Morgan fingerprint density at radius 3 is 2.53 bits per heavy atom. The van der Waals surface area contributed by atoms with Crippen molar-refractivity contribution >= 4 is 5.82 Å². The number of aryl methyl sites for hydroxylation is 1. The predicted molar refractivity (Wildman–Crippen MR) is 74.9 cm³/mol. The van der Waals surface area contributed by atoms with E-state index >= 15 is 0 Å². The second-order valence-electron chi connectivity index (χ2n) is 5.37. The number of hydrogen-bond acceptors (Lipinski definition) is 5. The van der Waals surface area contributed by atoms with Crippen molar-refractivity contribution in [2.24, 2.45) is 0 Å². The lowest BCUT2D eigenvalue weighted by Gasteiger charge is -2.40. The van der Waals surface area contributed by atoms with Gasteiger partial charge in [-0.3, -0.25) is 4.90 Å². The minimum atomic E-state index is -0.383. The molecule has 0 radical (unpaired) electrons. The van der Waals surface area contributed by atoms with Gasteiger partial charge in [0.2, 0.25) is 0 Å². The monoisotopic (exact) mass is 259 g/mol. The maximum absolute atomic E-state index is 9.17. The molecule has 1 aliphatic heterocycles. The summed E-state index contributed by atoms with van der Waals surface area (Å²) in [4.78, 5) is 13.1. The average Bonchev–Trinajstić information content (AvgIpc) is 2.47. The van der Waals surface area contributed by atoms with Crippen molar-refractivity contribution < 1.29 is 0 Å². The summed E-state index contributed by atoms with van der Waals surface area (Å²) in [6.07, 6.45) is 2.57. The van der Waals surface area contributed by atoms with Gasteiger partial charge in [0.1, 0.15) is 17.7 Å². The van der Waals surface area contributed by atoms with Crippen LogP contribution in [0.1, 0.15) is 26.5 Å². The molecule has 0 amide bonds. The zero-order valence-corrected chi connectivity index (χ0v) is 11.9. The summed E-state index contributed by atoms with van der Waals surface area (Å²) in [7, 11) is 0. The van der Waals surface area contributed by atoms with Crippen LogP contribution in [0.5, 0.6) is 0 Å². The van der Waals surface area contributed by atoms with Gasteiger partial charge in [0, 0.05) is 37.9 Å². The molecule has 1 fully saturated rings. The predicted octanol–water partition coefficient (Wildman–Crippen LogP) is 1.46. The van der Waals surface area contributed by atoms with Crippen LogP contribution in [0.3, 0.4) is 0 Å². The first kappa shape index (κ1) is 13.8. The molecule has 0 N–H and O–H groups in total. The van der Waals surface area contributed by atoms with Crippen LogP contribution in [0.2, 0.25) is 0 Å². The summed E-state index contributed by atoms with van der Waals surface area (Å²) >= 11 is 0. The van der Waals surface area contributed by atoms with Crippen LogP contribution in [0, 0.1) is 11.3 Å². The van der Waals surface area contributed by atoms with Crippen molar-refractivity contribution in [2.45, 2.75) is 32.7 Å². The number of anilines is 1. The first-order valence-corrected chi connectivity index (χ1v) is 6.79. The average molecular weight is 259 g/mol. The smallest absolute Gasteiger partial charge is 0.132 e. The molecule has 1 saturated heterocycles. The molecule has 0 atom stereocenters. The molecule has 0 aliphatic carbocycles. The molecule has 102 valence electrons. The van der Waals surface area contributed by atoms with Gasteiger partial charge in [-0.15, -0.1) is 0 Å². The molecule has 1 aliphatic rings. The molecule has 0 spiro atoms. The third-order valence-electron chi connectivity index (χ3n) is 3.74. The van der Waals surface area contributed by atoms with Crippen molar-refractivity contribution in [1.29, 1.82) is 5.26 Å². The standard InChI is InChI=1S/C14H21N5/c1-4-12-9-13(17-11-16-12)18-5-7-19(8-6-18)14(2,3)10-15/h9,11H,4-8H2,1-3H3. The van der Waals surface area contributed by atoms with Gasteiger partial charge in [-0.1, -0.05) is 6.92 Å². The summed E-state index contributed by atoms with van der Waals surface area (Å²) in [6.45, 7) is 9.65. The van der Waals surface area contributed by atoms with E-state index in [1.165, 1.54) is 0 Å². The van der Waals surface area contributed by atoms with Gasteiger partial charge in [-0.05, 0) is 20.3 Å². The third-order valence-corrected chi connectivity index (χ3v) is 3.74. The summed E-state index contributed by atoms with van der Waals surface area (Å²) in [5.74, 6) is 1.00. The van der Waals surface area contributed by atoms with E-state index in [4.69, 9.17) is 0 Å². The van der Waals surface area contributed by atoms with E-state index < -0.39 is 0 Å². The van der Waals surface area contributed by atoms with Gasteiger partial charge in [0.05, 0.1) is 6.07 Å². The number of nitriles is 1. The van der Waals surface area contributed by atoms with E-state index in [1.807, 2.05) is 13.8 Å². The van der Waals surface area contributed by atoms with Crippen molar-refractivity contribution in [3.8, 4) is 6.07 Å². The molecule has 5 heteroatoms. The van der Waals surface area contributed by atoms with Crippen molar-refractivity contribution in [3.63, 3.8) is 0 Å². The topological polar surface area (TPSA) is 56.0 Å². The van der Waals surface area contributed by atoms with Crippen molar-refractivity contribution in [2.75, 3.05) is 31.1 Å². The molecule has 5 nitrogen and oxygen atoms in total. The van der Waals surface area contributed by atoms with Gasteiger partial charge < -0.3 is 4.90 Å². The zero-order chi connectivity index (χ0) is 13.9. The Balaban J connectivity index is 2.02. The highest BCUT2D eigenvalue weighted by Crippen LogP contribution is 2.19. The minimum Gasteiger partial charge on any atom is -0.354 e. The summed E-state index contributed by atoms with van der Waals surface area (Å²) in [6, 6.07) is 4.43. The lowest BCUT2D eigenvalue weighted by Crippen LogP contribution is -2.54. The van der Waals surface area contributed by atoms with E-state index in [0.29, 0.717) is 0 Å². The summed E-state index contributed by atoms with van der Waals surface area (Å²) in [5.41, 5.74) is 0.691. The van der Waals surface area contributed by atoms with Crippen LogP contribution in [0.4, 0.5) is 5.82 Å². The maximum atomic E-state index is 9.17. The Bertz CT molecular complexity index is 469. The van der Waals surface area contributed by atoms with E-state index in [9.17, 15) is 5.26 Å². The molecule has 0 saturated carbocycles. The molecule has 19 heavy (non-hydrogen) atoms. The fourth-order valence-electron chi connectivity index (χ4n) is 2.32. The fraction of sp³-hybridized carbons (Fsp3) is 0.643. The Kier molecular flexibility index (Phi) is 4.01. The summed E-state index contributed by atoms with van der Waals surface area (Å²) in [5, 5.41) is 9.17. The molecular weight excluding hydrogens is 238 g/mol. The first-order valence-electron chi connectivity index (χ1n) is 6.79. The second-order valence-corrected chi connectivity index (χ2v) is 5.37. The lowest BCUT2D eigenvalue weighted by atomic mass is 10.0. The minimum absolute atomic E-state index is 0.383. The highest BCUT2D eigenvalue weighted by Gasteiger charge is 2.30. The zero-order valence-electron chi connectivity index (χ0n) is 11.9. The molecular formula is C14H21N5. The van der Waals surface area contributed by atoms with Crippen LogP contribution < -0.4 is 4.90 Å². The number of nitrogens with zero attached hydrogens (tertiary/aromatic N) is 5. The molecule has 0 unspecified atom stereocenters. The van der Waals surface area contributed by atoms with Crippen LogP contribution in [0.15, 0.2) is 12.4 Å². The largest absolute Gasteiger partial charge is 0.354 e. The van der Waals surface area contributed by atoms with Crippen molar-refractivity contribution in [3.05, 3.63) is 18.1 Å². The van der Waals surface area contributed by atoms with E-state index in [-0.39, 0.29) is 5.54 Å². The number of piperazine rings is 1. The number of aromatic nitrogens is 2. The Morgan fingerprint density at radius 1 is 1.26 bits per heavy atom. The number of hydrogen-bond donors (Lipinski definition) is 0. The summed E-state index contributed by atoms with van der Waals surface area (Å²) < 4.78 is 0. The van der Waals surface area contributed by atoms with Crippen LogP contribution in [-0.2, 0) is 6.42 Å². The second kappa shape index (κ2) is 5.54. The van der Waals surface area contributed by atoms with Crippen molar-refractivity contribution in [1.82, 2.24) is 14.9 Å². The van der Waals surface area contributed by atoms with Gasteiger partial charge in [0.25, 0.3) is 0 Å². The van der Waals surface area contributed by atoms with E-state index in [2.05, 4.69) is 38.8 Å². The maximum Gasteiger partial charge on any atom is 0.132 e. The highest BCUT2D eigenvalue weighted by molar-refractivity contribution is 5.39. The van der Waals surface area contributed by atoms with Crippen LogP contribution in [-0.4, -0.2) is 46.6 Å². The van der Waals surface area contributed by atoms with Crippen LogP contribution in [0.25, 0.3) is 0 Å². The van der Waals surface area contributed by atoms with Gasteiger partial charge in [0.15, 0.2) is 0 Å². The fourth-order valence-corrected chi connectivity index (χ4v) is 2.32. The molecule has 2 rings (SSSR count). The highest BCUT2D eigenvalue weighted by atomic mass is 15.3. The molecule has 2 heterocycles. The molecule has 0 aromatic carbocycles. The third kappa shape index (κ3) is 3.02. The molecule has 1 aromatic rings. The quantitative estimate of drug-likeness (QED) is 0.822. The first-order chi connectivity index (χ1) is 9.06. The Labute approximate surface area is 114 Å². The Morgan fingerprint density at radius 2 is 1.95 bits per heavy atom. The normalized spacial score (nSPS) is 17.3. The molecule has 1 aromatic heterocycles. The van der Waals surface area contributed by atoms with Crippen LogP contribution >= 0.6 is 0 Å². The number of rotatable bonds is 3. The van der Waals surface area contributed by atoms with E-state index in [0.717, 1.165) is 44.1 Å².